The SMILES string of the molecule is CCCNc1ncc(Br)cc1C(=O)NCc1ccno1. The Morgan fingerprint density at radius 1 is 1.50 bits per heavy atom. The van der Waals surface area contributed by atoms with Crippen LogP contribution in [-0.4, -0.2) is 22.6 Å². The lowest BCUT2D eigenvalue weighted by Gasteiger charge is -2.10. The fourth-order valence-corrected chi connectivity index (χ4v) is 1.92. The van der Waals surface area contributed by atoms with Gasteiger partial charge in [0.15, 0.2) is 5.76 Å². The van der Waals surface area contributed by atoms with E-state index in [1.165, 1.54) is 6.20 Å². The Kier molecular flexibility index (Phi) is 5.11. The fourth-order valence-electron chi connectivity index (χ4n) is 1.59. The van der Waals surface area contributed by atoms with Gasteiger partial charge in [-0.05, 0) is 28.4 Å². The molecule has 0 saturated carbocycles. The molecular formula is C13H15BrN4O2. The van der Waals surface area contributed by atoms with Crippen molar-refractivity contribution in [2.24, 2.45) is 0 Å². The van der Waals surface area contributed by atoms with E-state index in [9.17, 15) is 4.79 Å². The van der Waals surface area contributed by atoms with Gasteiger partial charge in [-0.2, -0.15) is 0 Å². The van der Waals surface area contributed by atoms with E-state index in [1.807, 2.05) is 0 Å². The van der Waals surface area contributed by atoms with E-state index in [0.717, 1.165) is 17.4 Å². The fraction of sp³-hybridized carbons (Fsp3) is 0.308. The van der Waals surface area contributed by atoms with Gasteiger partial charge in [0.1, 0.15) is 5.82 Å². The highest BCUT2D eigenvalue weighted by Gasteiger charge is 2.13. The predicted molar refractivity (Wildman–Crippen MR) is 78.4 cm³/mol. The number of carbonyl (C=O) groups excluding carboxylic acids is 1. The first-order chi connectivity index (χ1) is 9.70. The molecule has 2 aromatic heterocycles. The number of pyridine rings is 1. The van der Waals surface area contributed by atoms with Crippen molar-refractivity contribution in [3.05, 3.63) is 40.3 Å². The molecule has 0 aliphatic carbocycles. The highest BCUT2D eigenvalue weighted by atomic mass is 79.9. The molecule has 1 amide bonds. The standard InChI is InChI=1S/C13H15BrN4O2/c1-2-4-15-12-11(6-9(14)7-16-12)13(19)17-8-10-3-5-18-20-10/h3,5-7H,2,4,8H2,1H3,(H,15,16)(H,17,19). The molecule has 106 valence electrons. The minimum Gasteiger partial charge on any atom is -0.369 e. The maximum absolute atomic E-state index is 12.2. The number of anilines is 1. The molecule has 0 atom stereocenters. The van der Waals surface area contributed by atoms with Gasteiger partial charge in [0.05, 0.1) is 18.3 Å². The van der Waals surface area contributed by atoms with Crippen LogP contribution in [0.3, 0.4) is 0 Å². The minimum absolute atomic E-state index is 0.214. The van der Waals surface area contributed by atoms with Gasteiger partial charge in [0, 0.05) is 23.3 Å². The molecule has 0 radical (unpaired) electrons. The summed E-state index contributed by atoms with van der Waals surface area (Å²) in [7, 11) is 0. The van der Waals surface area contributed by atoms with Gasteiger partial charge in [-0.3, -0.25) is 4.79 Å². The van der Waals surface area contributed by atoms with Gasteiger partial charge in [-0.15, -0.1) is 0 Å². The van der Waals surface area contributed by atoms with Gasteiger partial charge >= 0.3 is 0 Å². The van der Waals surface area contributed by atoms with Crippen molar-refractivity contribution in [3.63, 3.8) is 0 Å². The van der Waals surface area contributed by atoms with Crippen molar-refractivity contribution >= 4 is 27.7 Å². The molecule has 0 aromatic carbocycles. The van der Waals surface area contributed by atoms with Crippen LogP contribution in [0.2, 0.25) is 0 Å². The van der Waals surface area contributed by atoms with Crippen LogP contribution in [0.1, 0.15) is 29.5 Å². The number of nitrogens with one attached hydrogen (secondary N) is 2. The number of hydrogen-bond acceptors (Lipinski definition) is 5. The molecule has 0 aliphatic rings. The number of halogens is 1. The third-order valence-corrected chi connectivity index (χ3v) is 2.99. The van der Waals surface area contributed by atoms with Crippen LogP contribution in [0.15, 0.2) is 33.5 Å². The van der Waals surface area contributed by atoms with Gasteiger partial charge in [-0.1, -0.05) is 12.1 Å². The summed E-state index contributed by atoms with van der Waals surface area (Å²) >= 11 is 3.32. The first kappa shape index (κ1) is 14.5. The van der Waals surface area contributed by atoms with E-state index in [1.54, 1.807) is 18.3 Å². The van der Waals surface area contributed by atoms with Crippen LogP contribution >= 0.6 is 15.9 Å². The molecule has 0 fully saturated rings. The molecule has 2 heterocycles. The Balaban J connectivity index is 2.08. The van der Waals surface area contributed by atoms with E-state index in [0.29, 0.717) is 23.7 Å². The van der Waals surface area contributed by atoms with Crippen molar-refractivity contribution in [1.29, 1.82) is 0 Å². The first-order valence-electron chi connectivity index (χ1n) is 6.28. The lowest BCUT2D eigenvalue weighted by atomic mass is 10.2. The van der Waals surface area contributed by atoms with Crippen molar-refractivity contribution in [2.45, 2.75) is 19.9 Å². The van der Waals surface area contributed by atoms with Crippen molar-refractivity contribution < 1.29 is 9.32 Å². The Bertz CT molecular complexity index is 572. The summed E-state index contributed by atoms with van der Waals surface area (Å²) in [5.74, 6) is 0.961. The summed E-state index contributed by atoms with van der Waals surface area (Å²) < 4.78 is 5.69. The smallest absolute Gasteiger partial charge is 0.255 e. The number of carbonyl (C=O) groups is 1. The van der Waals surface area contributed by atoms with Gasteiger partial charge in [-0.25, -0.2) is 4.98 Å². The number of aromatic nitrogens is 2. The van der Waals surface area contributed by atoms with E-state index < -0.39 is 0 Å². The monoisotopic (exact) mass is 338 g/mol. The Morgan fingerprint density at radius 3 is 3.05 bits per heavy atom. The molecule has 0 bridgehead atoms. The second kappa shape index (κ2) is 7.04. The van der Waals surface area contributed by atoms with Crippen LogP contribution in [0.4, 0.5) is 5.82 Å². The van der Waals surface area contributed by atoms with Gasteiger partial charge < -0.3 is 15.2 Å². The van der Waals surface area contributed by atoms with Crippen LogP contribution < -0.4 is 10.6 Å². The molecule has 0 aliphatic heterocycles. The molecule has 2 aromatic rings. The summed E-state index contributed by atoms with van der Waals surface area (Å²) in [6.07, 6.45) is 4.15. The Hall–Kier alpha value is -1.89. The minimum atomic E-state index is -0.214. The predicted octanol–water partition coefficient (Wildman–Crippen LogP) is 2.58. The third-order valence-electron chi connectivity index (χ3n) is 2.56. The number of amides is 1. The third kappa shape index (κ3) is 3.80. The topological polar surface area (TPSA) is 80.0 Å². The molecular weight excluding hydrogens is 324 g/mol. The Labute approximate surface area is 125 Å². The molecule has 6 nitrogen and oxygen atoms in total. The average molecular weight is 339 g/mol. The maximum Gasteiger partial charge on any atom is 0.255 e. The van der Waals surface area contributed by atoms with Crippen molar-refractivity contribution in [1.82, 2.24) is 15.5 Å². The summed E-state index contributed by atoms with van der Waals surface area (Å²) in [5.41, 5.74) is 0.493. The van der Waals surface area contributed by atoms with Crippen LogP contribution in [0.25, 0.3) is 0 Å². The zero-order valence-electron chi connectivity index (χ0n) is 11.0. The highest BCUT2D eigenvalue weighted by Crippen LogP contribution is 2.18. The quantitative estimate of drug-likeness (QED) is 0.846. The number of rotatable bonds is 6. The number of nitrogens with zero attached hydrogens (tertiary/aromatic N) is 2. The summed E-state index contributed by atoms with van der Waals surface area (Å²) in [5, 5.41) is 9.49. The molecule has 0 unspecified atom stereocenters. The van der Waals surface area contributed by atoms with E-state index in [4.69, 9.17) is 4.52 Å². The van der Waals surface area contributed by atoms with E-state index >= 15 is 0 Å². The molecule has 0 spiro atoms. The maximum atomic E-state index is 12.2. The molecule has 0 saturated heterocycles. The van der Waals surface area contributed by atoms with Crippen molar-refractivity contribution in [3.8, 4) is 0 Å². The van der Waals surface area contributed by atoms with E-state index in [-0.39, 0.29) is 5.91 Å². The van der Waals surface area contributed by atoms with Crippen LogP contribution in [0.5, 0.6) is 0 Å². The Morgan fingerprint density at radius 2 is 2.35 bits per heavy atom. The second-order valence-electron chi connectivity index (χ2n) is 4.14. The lowest BCUT2D eigenvalue weighted by molar-refractivity contribution is 0.0947. The van der Waals surface area contributed by atoms with Gasteiger partial charge in [0.2, 0.25) is 0 Å². The van der Waals surface area contributed by atoms with Crippen LogP contribution in [0, 0.1) is 0 Å². The average Bonchev–Trinajstić information content (AvgIpc) is 2.96. The zero-order chi connectivity index (χ0) is 14.4. The second-order valence-corrected chi connectivity index (χ2v) is 5.05. The number of hydrogen-bond donors (Lipinski definition) is 2. The van der Waals surface area contributed by atoms with Crippen LogP contribution in [-0.2, 0) is 6.54 Å². The lowest BCUT2D eigenvalue weighted by Crippen LogP contribution is -2.24. The largest absolute Gasteiger partial charge is 0.369 e. The molecule has 2 N–H and O–H groups in total. The molecule has 20 heavy (non-hydrogen) atoms. The van der Waals surface area contributed by atoms with Crippen molar-refractivity contribution in [2.75, 3.05) is 11.9 Å². The zero-order valence-corrected chi connectivity index (χ0v) is 12.6. The van der Waals surface area contributed by atoms with E-state index in [2.05, 4.69) is 43.6 Å². The first-order valence-corrected chi connectivity index (χ1v) is 7.07. The summed E-state index contributed by atoms with van der Waals surface area (Å²) in [6.45, 7) is 3.10. The molecule has 2 rings (SSSR count). The normalized spacial score (nSPS) is 10.3. The molecule has 7 heteroatoms. The summed E-state index contributed by atoms with van der Waals surface area (Å²) in [6, 6.07) is 3.44. The highest BCUT2D eigenvalue weighted by molar-refractivity contribution is 9.10. The summed E-state index contributed by atoms with van der Waals surface area (Å²) in [4.78, 5) is 16.4. The van der Waals surface area contributed by atoms with Gasteiger partial charge in [0.25, 0.3) is 5.91 Å².